The Morgan fingerprint density at radius 1 is 1.10 bits per heavy atom. The van der Waals surface area contributed by atoms with Gasteiger partial charge >= 0.3 is 0 Å². The summed E-state index contributed by atoms with van der Waals surface area (Å²) in [6.07, 6.45) is 1.58. The molecule has 160 valence electrons. The van der Waals surface area contributed by atoms with E-state index >= 15 is 0 Å². The zero-order valence-electron chi connectivity index (χ0n) is 17.4. The summed E-state index contributed by atoms with van der Waals surface area (Å²) in [6, 6.07) is 11.2. The van der Waals surface area contributed by atoms with E-state index in [0.29, 0.717) is 5.65 Å². The quantitative estimate of drug-likeness (QED) is 0.481. The van der Waals surface area contributed by atoms with Crippen LogP contribution in [-0.2, 0) is 21.1 Å². The van der Waals surface area contributed by atoms with Crippen molar-refractivity contribution in [3.05, 3.63) is 75.6 Å². The van der Waals surface area contributed by atoms with Gasteiger partial charge in [0.1, 0.15) is 21.7 Å². The van der Waals surface area contributed by atoms with Gasteiger partial charge in [-0.2, -0.15) is 0 Å². The maximum absolute atomic E-state index is 13.5. The lowest BCUT2D eigenvalue weighted by atomic mass is 10.1. The van der Waals surface area contributed by atoms with E-state index in [-0.39, 0.29) is 39.5 Å². The van der Waals surface area contributed by atoms with E-state index in [9.17, 15) is 13.2 Å². The standard InChI is InChI=1S/C22H22N4O4S/c1-14-7-8-16(12-15(14)2)31(28,29)18-13-17-21(26(20(18)23)10-11-30-3)24-19-6-4-5-9-25(19)22(17)27/h4-9,12-13,23H,10-11H2,1-3H3. The first-order valence-electron chi connectivity index (χ1n) is 9.66. The van der Waals surface area contributed by atoms with Gasteiger partial charge in [-0.3, -0.25) is 14.6 Å². The number of hydrogen-bond acceptors (Lipinski definition) is 6. The van der Waals surface area contributed by atoms with Crippen LogP contribution in [0.3, 0.4) is 0 Å². The van der Waals surface area contributed by atoms with Crippen molar-refractivity contribution in [2.75, 3.05) is 13.7 Å². The number of rotatable bonds is 5. The van der Waals surface area contributed by atoms with Gasteiger partial charge in [0.05, 0.1) is 16.9 Å². The van der Waals surface area contributed by atoms with Crippen molar-refractivity contribution in [3.63, 3.8) is 0 Å². The fourth-order valence-corrected chi connectivity index (χ4v) is 4.95. The van der Waals surface area contributed by atoms with Crippen LogP contribution in [0.5, 0.6) is 0 Å². The Bertz CT molecular complexity index is 1550. The molecule has 4 rings (SSSR count). The van der Waals surface area contributed by atoms with Crippen molar-refractivity contribution in [2.24, 2.45) is 0 Å². The lowest BCUT2D eigenvalue weighted by Crippen LogP contribution is -2.31. The fourth-order valence-electron chi connectivity index (χ4n) is 3.47. The Balaban J connectivity index is 2.10. The van der Waals surface area contributed by atoms with Gasteiger partial charge in [-0.1, -0.05) is 12.1 Å². The number of nitrogens with one attached hydrogen (secondary N) is 1. The lowest BCUT2D eigenvalue weighted by molar-refractivity contribution is 0.186. The highest BCUT2D eigenvalue weighted by molar-refractivity contribution is 7.91. The zero-order chi connectivity index (χ0) is 22.3. The first-order valence-corrected chi connectivity index (χ1v) is 11.1. The SMILES string of the molecule is COCCn1c(=N)c(S(=O)(=O)c2ccc(C)c(C)c2)cc2c(=O)n3ccccc3nc21. The van der Waals surface area contributed by atoms with E-state index in [4.69, 9.17) is 10.1 Å². The predicted molar refractivity (Wildman–Crippen MR) is 116 cm³/mol. The van der Waals surface area contributed by atoms with Crippen LogP contribution in [0, 0.1) is 19.3 Å². The number of benzene rings is 1. The summed E-state index contributed by atoms with van der Waals surface area (Å²) in [5.74, 6) is 0. The summed E-state index contributed by atoms with van der Waals surface area (Å²) in [6.45, 7) is 4.14. The Kier molecular flexibility index (Phi) is 5.24. The van der Waals surface area contributed by atoms with Crippen molar-refractivity contribution in [3.8, 4) is 0 Å². The molecule has 0 fully saturated rings. The highest BCUT2D eigenvalue weighted by Gasteiger charge is 2.24. The van der Waals surface area contributed by atoms with Gasteiger partial charge < -0.3 is 9.30 Å². The van der Waals surface area contributed by atoms with Crippen molar-refractivity contribution < 1.29 is 13.2 Å². The third kappa shape index (κ3) is 3.45. The van der Waals surface area contributed by atoms with Crippen molar-refractivity contribution in [1.82, 2.24) is 14.0 Å². The average Bonchev–Trinajstić information content (AvgIpc) is 2.75. The molecule has 0 amide bonds. The van der Waals surface area contributed by atoms with Crippen molar-refractivity contribution in [2.45, 2.75) is 30.2 Å². The lowest BCUT2D eigenvalue weighted by Gasteiger charge is -2.15. The topological polar surface area (TPSA) is 107 Å². The molecule has 0 aliphatic rings. The van der Waals surface area contributed by atoms with Crippen LogP contribution in [-0.4, -0.2) is 36.1 Å². The van der Waals surface area contributed by atoms with Gasteiger partial charge in [-0.25, -0.2) is 13.4 Å². The number of hydrogen-bond donors (Lipinski definition) is 1. The van der Waals surface area contributed by atoms with Gasteiger partial charge in [0.25, 0.3) is 5.56 Å². The molecular formula is C22H22N4O4S. The van der Waals surface area contributed by atoms with Crippen molar-refractivity contribution in [1.29, 1.82) is 5.41 Å². The maximum Gasteiger partial charge on any atom is 0.267 e. The smallest absolute Gasteiger partial charge is 0.267 e. The van der Waals surface area contributed by atoms with Gasteiger partial charge in [0.2, 0.25) is 9.84 Å². The molecule has 3 aromatic heterocycles. The molecule has 0 radical (unpaired) electrons. The van der Waals surface area contributed by atoms with Gasteiger partial charge in [-0.05, 0) is 55.3 Å². The maximum atomic E-state index is 13.5. The number of aromatic nitrogens is 3. The minimum absolute atomic E-state index is 0.0793. The molecule has 0 saturated heterocycles. The fraction of sp³-hybridized carbons (Fsp3) is 0.227. The molecule has 0 aliphatic carbocycles. The first-order chi connectivity index (χ1) is 14.8. The van der Waals surface area contributed by atoms with Crippen LogP contribution in [0.2, 0.25) is 0 Å². The third-order valence-electron chi connectivity index (χ3n) is 5.38. The second-order valence-corrected chi connectivity index (χ2v) is 9.25. The summed E-state index contributed by atoms with van der Waals surface area (Å²) >= 11 is 0. The van der Waals surface area contributed by atoms with Crippen LogP contribution < -0.4 is 11.0 Å². The molecule has 0 bridgehead atoms. The second-order valence-electron chi connectivity index (χ2n) is 7.33. The Labute approximate surface area is 178 Å². The van der Waals surface area contributed by atoms with Gasteiger partial charge in [0.15, 0.2) is 0 Å². The van der Waals surface area contributed by atoms with E-state index < -0.39 is 15.4 Å². The Morgan fingerprint density at radius 3 is 2.58 bits per heavy atom. The highest BCUT2D eigenvalue weighted by atomic mass is 32.2. The van der Waals surface area contributed by atoms with Crippen LogP contribution in [0.4, 0.5) is 0 Å². The van der Waals surface area contributed by atoms with Crippen LogP contribution in [0.25, 0.3) is 16.7 Å². The zero-order valence-corrected chi connectivity index (χ0v) is 18.2. The molecule has 9 heteroatoms. The number of methoxy groups -OCH3 is 1. The molecular weight excluding hydrogens is 416 g/mol. The molecule has 0 unspecified atom stereocenters. The second kappa shape index (κ2) is 7.75. The summed E-state index contributed by atoms with van der Waals surface area (Å²) in [7, 11) is -2.53. The monoisotopic (exact) mass is 438 g/mol. The van der Waals surface area contributed by atoms with E-state index in [1.807, 2.05) is 13.8 Å². The molecule has 31 heavy (non-hydrogen) atoms. The van der Waals surface area contributed by atoms with Crippen LogP contribution >= 0.6 is 0 Å². The normalized spacial score (nSPS) is 12.0. The van der Waals surface area contributed by atoms with Crippen LogP contribution in [0.1, 0.15) is 11.1 Å². The van der Waals surface area contributed by atoms with E-state index in [0.717, 1.165) is 11.1 Å². The molecule has 4 aromatic rings. The Morgan fingerprint density at radius 2 is 1.87 bits per heavy atom. The van der Waals surface area contributed by atoms with E-state index in [1.165, 1.54) is 28.2 Å². The molecule has 0 spiro atoms. The molecule has 0 saturated carbocycles. The predicted octanol–water partition coefficient (Wildman–Crippen LogP) is 2.22. The number of nitrogens with zero attached hydrogens (tertiary/aromatic N) is 3. The summed E-state index contributed by atoms with van der Waals surface area (Å²) in [5, 5.41) is 8.79. The average molecular weight is 439 g/mol. The Hall–Kier alpha value is -3.30. The minimum Gasteiger partial charge on any atom is -0.383 e. The summed E-state index contributed by atoms with van der Waals surface area (Å²) in [4.78, 5) is 17.5. The molecule has 3 heterocycles. The molecule has 0 atom stereocenters. The number of fused-ring (bicyclic) bond motifs is 2. The first kappa shape index (κ1) is 21.0. The summed E-state index contributed by atoms with van der Waals surface area (Å²) in [5.41, 5.74) is 1.81. The van der Waals surface area contributed by atoms with Crippen LogP contribution in [0.15, 0.2) is 63.2 Å². The largest absolute Gasteiger partial charge is 0.383 e. The molecule has 8 nitrogen and oxygen atoms in total. The molecule has 0 aliphatic heterocycles. The van der Waals surface area contributed by atoms with Crippen molar-refractivity contribution >= 4 is 26.5 Å². The van der Waals surface area contributed by atoms with E-state index in [1.54, 1.807) is 36.5 Å². The number of pyridine rings is 2. The number of ether oxygens (including phenoxy) is 1. The number of aryl methyl sites for hydroxylation is 2. The van der Waals surface area contributed by atoms with Gasteiger partial charge in [-0.15, -0.1) is 0 Å². The third-order valence-corrected chi connectivity index (χ3v) is 7.15. The van der Waals surface area contributed by atoms with E-state index in [2.05, 4.69) is 4.98 Å². The highest BCUT2D eigenvalue weighted by Crippen LogP contribution is 2.22. The molecule has 1 aromatic carbocycles. The number of sulfone groups is 1. The minimum atomic E-state index is -4.04. The summed E-state index contributed by atoms with van der Waals surface area (Å²) < 4.78 is 34.9. The van der Waals surface area contributed by atoms with Gasteiger partial charge in [0, 0.05) is 19.9 Å². The molecule has 1 N–H and O–H groups in total.